The molecule has 2 saturated heterocycles. The second kappa shape index (κ2) is 7.06. The lowest BCUT2D eigenvalue weighted by molar-refractivity contribution is -0.133. The van der Waals surface area contributed by atoms with Crippen molar-refractivity contribution in [3.05, 3.63) is 30.9 Å². The highest BCUT2D eigenvalue weighted by Crippen LogP contribution is 2.40. The number of nitrogens with one attached hydrogen (secondary N) is 1. The number of hydrogen-bond acceptors (Lipinski definition) is 4. The first-order valence-corrected chi connectivity index (χ1v) is 9.10. The zero-order valence-electron chi connectivity index (χ0n) is 15.7. The summed E-state index contributed by atoms with van der Waals surface area (Å²) >= 11 is 0. The van der Waals surface area contributed by atoms with Crippen molar-refractivity contribution in [2.24, 2.45) is 11.3 Å². The number of anilines is 2. The van der Waals surface area contributed by atoms with Gasteiger partial charge in [-0.2, -0.15) is 0 Å². The van der Waals surface area contributed by atoms with E-state index in [4.69, 9.17) is 0 Å². The van der Waals surface area contributed by atoms with Crippen molar-refractivity contribution in [3.63, 3.8) is 0 Å². The molecule has 0 saturated carbocycles. The fourth-order valence-corrected chi connectivity index (χ4v) is 3.59. The Hall–Kier alpha value is -2.83. The van der Waals surface area contributed by atoms with Crippen LogP contribution in [-0.4, -0.2) is 47.4 Å². The van der Waals surface area contributed by atoms with Crippen LogP contribution in [0.2, 0.25) is 0 Å². The molecule has 0 spiro atoms. The minimum absolute atomic E-state index is 0.00253. The summed E-state index contributed by atoms with van der Waals surface area (Å²) in [4.78, 5) is 39.8. The first-order valence-electron chi connectivity index (χ1n) is 9.10. The predicted molar refractivity (Wildman–Crippen MR) is 102 cm³/mol. The second-order valence-corrected chi connectivity index (χ2v) is 7.80. The molecule has 1 aromatic carbocycles. The summed E-state index contributed by atoms with van der Waals surface area (Å²) < 4.78 is 0. The molecule has 2 aliphatic heterocycles. The number of β-lactam (4-membered cyclic amide) rings is 1. The van der Waals surface area contributed by atoms with Crippen molar-refractivity contribution in [3.8, 4) is 5.75 Å². The van der Waals surface area contributed by atoms with Gasteiger partial charge in [0.05, 0.1) is 17.0 Å². The number of carbonyl (C=O) groups is 3. The average molecular weight is 371 g/mol. The van der Waals surface area contributed by atoms with Crippen molar-refractivity contribution in [1.82, 2.24) is 4.90 Å². The first kappa shape index (κ1) is 18.9. The Labute approximate surface area is 158 Å². The van der Waals surface area contributed by atoms with Crippen LogP contribution in [0.3, 0.4) is 0 Å². The minimum Gasteiger partial charge on any atom is -0.506 e. The van der Waals surface area contributed by atoms with E-state index in [1.165, 1.54) is 17.0 Å². The van der Waals surface area contributed by atoms with Gasteiger partial charge >= 0.3 is 0 Å². The van der Waals surface area contributed by atoms with Crippen LogP contribution in [0.5, 0.6) is 5.75 Å². The molecule has 3 rings (SSSR count). The topological polar surface area (TPSA) is 89.9 Å². The van der Waals surface area contributed by atoms with Crippen molar-refractivity contribution in [1.29, 1.82) is 0 Å². The van der Waals surface area contributed by atoms with Crippen molar-refractivity contribution in [2.45, 2.75) is 26.7 Å². The first-order chi connectivity index (χ1) is 12.7. The van der Waals surface area contributed by atoms with Crippen LogP contribution in [0, 0.1) is 11.3 Å². The summed E-state index contributed by atoms with van der Waals surface area (Å²) in [6, 6.07) is 4.68. The highest BCUT2D eigenvalue weighted by molar-refractivity contribution is 6.05. The van der Waals surface area contributed by atoms with Gasteiger partial charge in [-0.05, 0) is 51.0 Å². The smallest absolute Gasteiger partial charge is 0.245 e. The Balaban J connectivity index is 1.70. The molecule has 3 amide bonds. The number of benzene rings is 1. The molecule has 7 heteroatoms. The molecule has 2 N–H and O–H groups in total. The number of carbonyl (C=O) groups excluding carboxylic acids is 3. The van der Waals surface area contributed by atoms with E-state index < -0.39 is 5.41 Å². The number of piperidine rings is 1. The average Bonchev–Trinajstić information content (AvgIpc) is 2.67. The lowest BCUT2D eigenvalue weighted by Crippen LogP contribution is -2.58. The van der Waals surface area contributed by atoms with Gasteiger partial charge < -0.3 is 20.2 Å². The largest absolute Gasteiger partial charge is 0.506 e. The maximum atomic E-state index is 12.6. The molecule has 144 valence electrons. The van der Waals surface area contributed by atoms with Gasteiger partial charge in [0.25, 0.3) is 0 Å². The monoisotopic (exact) mass is 371 g/mol. The summed E-state index contributed by atoms with van der Waals surface area (Å²) in [6.07, 6.45) is 2.73. The number of rotatable bonds is 4. The van der Waals surface area contributed by atoms with Gasteiger partial charge in [-0.15, -0.1) is 0 Å². The van der Waals surface area contributed by atoms with Crippen LogP contribution in [0.4, 0.5) is 11.4 Å². The predicted octanol–water partition coefficient (Wildman–Crippen LogP) is 2.13. The molecule has 1 atom stereocenters. The number of hydrogen-bond donors (Lipinski definition) is 2. The highest BCUT2D eigenvalue weighted by atomic mass is 16.3. The van der Waals surface area contributed by atoms with E-state index in [9.17, 15) is 19.5 Å². The second-order valence-electron chi connectivity index (χ2n) is 7.80. The lowest BCUT2D eigenvalue weighted by atomic mass is 9.82. The van der Waals surface area contributed by atoms with Gasteiger partial charge in [-0.25, -0.2) is 0 Å². The molecule has 27 heavy (non-hydrogen) atoms. The highest BCUT2D eigenvalue weighted by Gasteiger charge is 2.45. The lowest BCUT2D eigenvalue weighted by Gasteiger charge is -2.44. The van der Waals surface area contributed by atoms with Gasteiger partial charge in [0.1, 0.15) is 5.75 Å². The van der Waals surface area contributed by atoms with Crippen LogP contribution in [0.15, 0.2) is 30.9 Å². The van der Waals surface area contributed by atoms with E-state index in [1.54, 1.807) is 17.0 Å². The quantitative estimate of drug-likeness (QED) is 0.482. The molecule has 1 unspecified atom stereocenters. The van der Waals surface area contributed by atoms with E-state index in [-0.39, 0.29) is 29.4 Å². The summed E-state index contributed by atoms with van der Waals surface area (Å²) in [5.41, 5.74) is 0.469. The summed E-state index contributed by atoms with van der Waals surface area (Å²) in [7, 11) is 0. The van der Waals surface area contributed by atoms with E-state index in [2.05, 4.69) is 11.9 Å². The zero-order chi connectivity index (χ0) is 19.8. The van der Waals surface area contributed by atoms with E-state index in [0.29, 0.717) is 37.4 Å². The molecule has 0 aromatic heterocycles. The number of amides is 3. The maximum Gasteiger partial charge on any atom is 0.245 e. The van der Waals surface area contributed by atoms with Crippen molar-refractivity contribution >= 4 is 29.1 Å². The third-order valence-electron chi connectivity index (χ3n) is 5.19. The number of aromatic hydroxyl groups is 1. The fourth-order valence-electron chi connectivity index (χ4n) is 3.59. The summed E-state index contributed by atoms with van der Waals surface area (Å²) in [6.45, 7) is 8.70. The van der Waals surface area contributed by atoms with E-state index >= 15 is 0 Å². The summed E-state index contributed by atoms with van der Waals surface area (Å²) in [5, 5.41) is 12.9. The normalized spacial score (nSPS) is 21.4. The Morgan fingerprint density at radius 1 is 1.37 bits per heavy atom. The summed E-state index contributed by atoms with van der Waals surface area (Å²) in [5.74, 6) is -0.712. The molecule has 0 aliphatic carbocycles. The number of phenolic OH excluding ortho intramolecular Hbond substituents is 1. The standard InChI is InChI=1S/C20H25N3O4/c1-4-17(25)22-9-5-6-13(11-22)18(26)21-14-7-8-16(24)15(10-14)23-12-20(2,3)19(23)27/h4,7-8,10,13,24H,1,5-6,9,11-12H2,2-3H3,(H,21,26). The molecule has 0 radical (unpaired) electrons. The Kier molecular flexibility index (Phi) is 4.95. The molecule has 7 nitrogen and oxygen atoms in total. The van der Waals surface area contributed by atoms with Crippen LogP contribution in [0.25, 0.3) is 0 Å². The Bertz CT molecular complexity index is 802. The van der Waals surface area contributed by atoms with Gasteiger partial charge in [0.2, 0.25) is 17.7 Å². The Morgan fingerprint density at radius 2 is 2.11 bits per heavy atom. The van der Waals surface area contributed by atoms with Crippen LogP contribution >= 0.6 is 0 Å². The van der Waals surface area contributed by atoms with E-state index in [0.717, 1.165) is 6.42 Å². The van der Waals surface area contributed by atoms with Gasteiger partial charge in [0.15, 0.2) is 0 Å². The maximum absolute atomic E-state index is 12.6. The molecular weight excluding hydrogens is 346 g/mol. The minimum atomic E-state index is -0.436. The van der Waals surface area contributed by atoms with Gasteiger partial charge in [-0.1, -0.05) is 6.58 Å². The third kappa shape index (κ3) is 3.67. The third-order valence-corrected chi connectivity index (χ3v) is 5.19. The molecule has 2 heterocycles. The molecule has 1 aromatic rings. The molecule has 2 fully saturated rings. The van der Waals surface area contributed by atoms with Crippen molar-refractivity contribution < 1.29 is 19.5 Å². The van der Waals surface area contributed by atoms with Gasteiger partial charge in [-0.3, -0.25) is 14.4 Å². The van der Waals surface area contributed by atoms with Crippen LogP contribution in [-0.2, 0) is 14.4 Å². The number of likely N-dealkylation sites (tertiary alicyclic amines) is 1. The van der Waals surface area contributed by atoms with Crippen LogP contribution in [0.1, 0.15) is 26.7 Å². The molecule has 2 aliphatic rings. The van der Waals surface area contributed by atoms with Gasteiger partial charge in [0, 0.05) is 25.3 Å². The molecule has 0 bridgehead atoms. The number of phenols is 1. The Morgan fingerprint density at radius 3 is 2.74 bits per heavy atom. The SMILES string of the molecule is C=CC(=O)N1CCCC(C(=O)Nc2ccc(O)c(N3CC(C)(C)C3=O)c2)C1. The van der Waals surface area contributed by atoms with E-state index in [1.807, 2.05) is 13.8 Å². The number of nitrogens with zero attached hydrogens (tertiary/aromatic N) is 2. The fraction of sp³-hybridized carbons (Fsp3) is 0.450. The zero-order valence-corrected chi connectivity index (χ0v) is 15.7. The molecular formula is C20H25N3O4. The van der Waals surface area contributed by atoms with Crippen molar-refractivity contribution in [2.75, 3.05) is 29.9 Å². The van der Waals surface area contributed by atoms with Crippen LogP contribution < -0.4 is 10.2 Å².